The van der Waals surface area contributed by atoms with Gasteiger partial charge in [0.15, 0.2) is 0 Å². The van der Waals surface area contributed by atoms with Crippen LogP contribution in [-0.4, -0.2) is 41.0 Å². The number of hydrogen-bond donors (Lipinski definition) is 3. The topological polar surface area (TPSA) is 69.6 Å². The minimum Gasteiger partial charge on any atom is -0.480 e. The second-order valence-electron chi connectivity index (χ2n) is 2.03. The van der Waals surface area contributed by atoms with Crippen LogP contribution in [-0.2, 0) is 4.79 Å². The van der Waals surface area contributed by atoms with Crippen LogP contribution in [0.1, 0.15) is 6.42 Å². The van der Waals surface area contributed by atoms with Crippen molar-refractivity contribution in [2.45, 2.75) is 12.5 Å². The van der Waals surface area contributed by atoms with Gasteiger partial charge in [0.05, 0.1) is 6.73 Å². The fraction of sp³-hybridized carbons (Fsp3) is 0.833. The maximum absolute atomic E-state index is 10.4. The lowest BCUT2D eigenvalue weighted by molar-refractivity contribution is -0.139. The smallest absolute Gasteiger partial charge is 0.320 e. The Bertz CT molecular complexity index is 120. The molecule has 0 radical (unpaired) electrons. The van der Waals surface area contributed by atoms with Gasteiger partial charge in [-0.2, -0.15) is 11.8 Å². The van der Waals surface area contributed by atoms with E-state index in [0.29, 0.717) is 6.42 Å². The van der Waals surface area contributed by atoms with E-state index in [1.54, 1.807) is 11.8 Å². The Morgan fingerprint density at radius 2 is 2.36 bits per heavy atom. The molecule has 0 aliphatic heterocycles. The van der Waals surface area contributed by atoms with Gasteiger partial charge >= 0.3 is 5.97 Å². The molecule has 0 spiro atoms. The molecule has 0 saturated carbocycles. The van der Waals surface area contributed by atoms with Gasteiger partial charge in [0.1, 0.15) is 6.04 Å². The maximum Gasteiger partial charge on any atom is 0.320 e. The van der Waals surface area contributed by atoms with Gasteiger partial charge in [-0.3, -0.25) is 10.1 Å². The predicted molar refractivity (Wildman–Crippen MR) is 44.6 cm³/mol. The molecular formula is C6H13NO3S. The lowest BCUT2D eigenvalue weighted by Crippen LogP contribution is -2.37. The average molecular weight is 179 g/mol. The quantitative estimate of drug-likeness (QED) is 0.490. The monoisotopic (exact) mass is 179 g/mol. The summed E-state index contributed by atoms with van der Waals surface area (Å²) in [6.45, 7) is -0.286. The molecule has 0 aliphatic rings. The van der Waals surface area contributed by atoms with Crippen molar-refractivity contribution < 1.29 is 15.0 Å². The maximum atomic E-state index is 10.4. The van der Waals surface area contributed by atoms with Crippen LogP contribution in [0, 0.1) is 0 Å². The molecular weight excluding hydrogens is 166 g/mol. The number of carboxylic acids is 1. The number of aliphatic hydroxyl groups excluding tert-OH is 1. The third-order valence-electron chi connectivity index (χ3n) is 1.25. The van der Waals surface area contributed by atoms with E-state index >= 15 is 0 Å². The highest BCUT2D eigenvalue weighted by atomic mass is 32.2. The highest BCUT2D eigenvalue weighted by molar-refractivity contribution is 7.98. The van der Waals surface area contributed by atoms with Crippen LogP contribution >= 0.6 is 11.8 Å². The zero-order valence-corrected chi connectivity index (χ0v) is 7.23. The first-order valence-electron chi connectivity index (χ1n) is 3.28. The Labute approximate surface area is 70.0 Å². The Balaban J connectivity index is 3.60. The van der Waals surface area contributed by atoms with E-state index in [4.69, 9.17) is 10.2 Å². The Morgan fingerprint density at radius 3 is 2.73 bits per heavy atom. The van der Waals surface area contributed by atoms with Crippen LogP contribution in [0.5, 0.6) is 0 Å². The first-order valence-corrected chi connectivity index (χ1v) is 4.67. The molecule has 3 N–H and O–H groups in total. The summed E-state index contributed by atoms with van der Waals surface area (Å²) in [4.78, 5) is 10.4. The number of carbonyl (C=O) groups is 1. The van der Waals surface area contributed by atoms with Gasteiger partial charge < -0.3 is 10.2 Å². The van der Waals surface area contributed by atoms with Crippen molar-refractivity contribution in [1.82, 2.24) is 5.32 Å². The summed E-state index contributed by atoms with van der Waals surface area (Å²) in [6, 6.07) is -0.618. The van der Waals surface area contributed by atoms with Gasteiger partial charge in [-0.25, -0.2) is 0 Å². The van der Waals surface area contributed by atoms with Crippen LogP contribution in [0.4, 0.5) is 0 Å². The molecule has 5 heteroatoms. The van der Waals surface area contributed by atoms with E-state index in [-0.39, 0.29) is 6.73 Å². The minimum atomic E-state index is -0.909. The van der Waals surface area contributed by atoms with Gasteiger partial charge in [0, 0.05) is 0 Å². The van der Waals surface area contributed by atoms with Crippen LogP contribution < -0.4 is 5.32 Å². The van der Waals surface area contributed by atoms with Crippen molar-refractivity contribution in [2.75, 3.05) is 18.7 Å². The number of thioether (sulfide) groups is 1. The SMILES string of the molecule is CSCC[C@H](NCO)C(=O)O. The average Bonchev–Trinajstić information content (AvgIpc) is 1.97. The van der Waals surface area contributed by atoms with Crippen molar-refractivity contribution in [2.24, 2.45) is 0 Å². The third-order valence-corrected chi connectivity index (χ3v) is 1.89. The van der Waals surface area contributed by atoms with Crippen LogP contribution in [0.3, 0.4) is 0 Å². The zero-order chi connectivity index (χ0) is 8.69. The summed E-state index contributed by atoms with van der Waals surface area (Å²) >= 11 is 1.59. The summed E-state index contributed by atoms with van der Waals surface area (Å²) in [6.07, 6.45) is 2.45. The largest absolute Gasteiger partial charge is 0.480 e. The highest BCUT2D eigenvalue weighted by Crippen LogP contribution is 2.00. The standard InChI is InChI=1S/C6H13NO3S/c1-11-3-2-5(6(9)10)7-4-8/h5,7-8H,2-4H2,1H3,(H,9,10)/t5-/m0/s1. The van der Waals surface area contributed by atoms with Gasteiger partial charge in [-0.05, 0) is 18.4 Å². The molecule has 66 valence electrons. The van der Waals surface area contributed by atoms with Gasteiger partial charge in [0.25, 0.3) is 0 Å². The Morgan fingerprint density at radius 1 is 1.73 bits per heavy atom. The molecule has 0 fully saturated rings. The van der Waals surface area contributed by atoms with E-state index < -0.39 is 12.0 Å². The summed E-state index contributed by atoms with van der Waals surface area (Å²) < 4.78 is 0. The summed E-state index contributed by atoms with van der Waals surface area (Å²) in [5, 5.41) is 19.4. The number of aliphatic carboxylic acids is 1. The number of rotatable bonds is 6. The molecule has 11 heavy (non-hydrogen) atoms. The Kier molecular flexibility index (Phi) is 6.30. The van der Waals surface area contributed by atoms with E-state index in [9.17, 15) is 4.79 Å². The zero-order valence-electron chi connectivity index (χ0n) is 6.41. The van der Waals surface area contributed by atoms with Gasteiger partial charge in [-0.1, -0.05) is 0 Å². The second kappa shape index (κ2) is 6.45. The molecule has 0 aromatic heterocycles. The highest BCUT2D eigenvalue weighted by Gasteiger charge is 2.14. The van der Waals surface area contributed by atoms with Crippen molar-refractivity contribution in [3.63, 3.8) is 0 Å². The van der Waals surface area contributed by atoms with Gasteiger partial charge in [0.2, 0.25) is 0 Å². The summed E-state index contributed by atoms with van der Waals surface area (Å²) in [5.41, 5.74) is 0. The van der Waals surface area contributed by atoms with Crippen LogP contribution in [0.2, 0.25) is 0 Å². The summed E-state index contributed by atoms with van der Waals surface area (Å²) in [5.74, 6) is -0.127. The molecule has 0 heterocycles. The summed E-state index contributed by atoms with van der Waals surface area (Å²) in [7, 11) is 0. The molecule has 0 aromatic rings. The van der Waals surface area contributed by atoms with Crippen molar-refractivity contribution in [1.29, 1.82) is 0 Å². The third kappa shape index (κ3) is 5.06. The molecule has 0 saturated heterocycles. The first-order chi connectivity index (χ1) is 5.22. The lowest BCUT2D eigenvalue weighted by atomic mass is 10.2. The minimum absolute atomic E-state index is 0.286. The fourth-order valence-corrected chi connectivity index (χ4v) is 1.13. The molecule has 0 unspecified atom stereocenters. The van der Waals surface area contributed by atoms with Crippen molar-refractivity contribution in [3.8, 4) is 0 Å². The van der Waals surface area contributed by atoms with E-state index in [0.717, 1.165) is 5.75 Å². The van der Waals surface area contributed by atoms with Gasteiger partial charge in [-0.15, -0.1) is 0 Å². The van der Waals surface area contributed by atoms with Crippen molar-refractivity contribution in [3.05, 3.63) is 0 Å². The van der Waals surface area contributed by atoms with Crippen molar-refractivity contribution >= 4 is 17.7 Å². The predicted octanol–water partition coefficient (Wildman–Crippen LogP) is -0.268. The Hall–Kier alpha value is -0.260. The molecule has 1 atom stereocenters. The molecule has 0 bridgehead atoms. The molecule has 4 nitrogen and oxygen atoms in total. The number of nitrogens with one attached hydrogen (secondary N) is 1. The number of carboxylic acid groups (broad SMARTS) is 1. The second-order valence-corrected chi connectivity index (χ2v) is 3.02. The number of aliphatic hydroxyl groups is 1. The van der Waals surface area contributed by atoms with Crippen LogP contribution in [0.25, 0.3) is 0 Å². The van der Waals surface area contributed by atoms with E-state index in [1.807, 2.05) is 6.26 Å². The number of hydrogen-bond acceptors (Lipinski definition) is 4. The normalized spacial score (nSPS) is 12.9. The molecule has 0 amide bonds. The van der Waals surface area contributed by atoms with E-state index in [1.165, 1.54) is 0 Å². The first kappa shape index (κ1) is 10.7. The van der Waals surface area contributed by atoms with Crippen LogP contribution in [0.15, 0.2) is 0 Å². The van der Waals surface area contributed by atoms with E-state index in [2.05, 4.69) is 5.32 Å². The molecule has 0 aliphatic carbocycles. The lowest BCUT2D eigenvalue weighted by Gasteiger charge is -2.10. The molecule has 0 aromatic carbocycles. The molecule has 0 rings (SSSR count). The fourth-order valence-electron chi connectivity index (χ4n) is 0.659.